The van der Waals surface area contributed by atoms with E-state index in [9.17, 15) is 9.90 Å². The molecule has 2 rings (SSSR count). The third-order valence-electron chi connectivity index (χ3n) is 3.41. The molecule has 0 aliphatic carbocycles. The van der Waals surface area contributed by atoms with Crippen LogP contribution in [-0.2, 0) is 11.4 Å². The van der Waals surface area contributed by atoms with Crippen LogP contribution in [0, 0.1) is 0 Å². The fourth-order valence-electron chi connectivity index (χ4n) is 2.12. The van der Waals surface area contributed by atoms with Crippen molar-refractivity contribution in [3.63, 3.8) is 0 Å². The van der Waals surface area contributed by atoms with E-state index < -0.39 is 0 Å². The van der Waals surface area contributed by atoms with E-state index in [2.05, 4.69) is 4.90 Å². The van der Waals surface area contributed by atoms with Crippen LogP contribution < -0.4 is 4.74 Å². The van der Waals surface area contributed by atoms with Crippen LogP contribution in [0.4, 0.5) is 0 Å². The predicted molar refractivity (Wildman–Crippen MR) is 76.9 cm³/mol. The summed E-state index contributed by atoms with van der Waals surface area (Å²) in [6, 6.07) is 5.14. The summed E-state index contributed by atoms with van der Waals surface area (Å²) in [5.41, 5.74) is 0.587. The van der Waals surface area contributed by atoms with Crippen LogP contribution in [0.5, 0.6) is 5.75 Å². The van der Waals surface area contributed by atoms with Gasteiger partial charge in [-0.15, -0.1) is 0 Å². The van der Waals surface area contributed by atoms with Gasteiger partial charge >= 0.3 is 0 Å². The lowest BCUT2D eigenvalue weighted by Crippen LogP contribution is -2.48. The first-order valence-corrected chi connectivity index (χ1v) is 6.97. The van der Waals surface area contributed by atoms with Crippen molar-refractivity contribution < 1.29 is 14.6 Å². The van der Waals surface area contributed by atoms with Crippen molar-refractivity contribution in [1.29, 1.82) is 0 Å². The number of halogens is 1. The molecule has 0 atom stereocenters. The van der Waals surface area contributed by atoms with Crippen molar-refractivity contribution in [2.75, 3.05) is 39.8 Å². The topological polar surface area (TPSA) is 53.0 Å². The minimum Gasteiger partial charge on any atom is -0.482 e. The molecule has 110 valence electrons. The Morgan fingerprint density at radius 3 is 2.70 bits per heavy atom. The van der Waals surface area contributed by atoms with Gasteiger partial charge in [-0.1, -0.05) is 23.7 Å². The molecule has 6 heteroatoms. The number of aliphatic hydroxyl groups is 1. The van der Waals surface area contributed by atoms with Gasteiger partial charge < -0.3 is 19.6 Å². The summed E-state index contributed by atoms with van der Waals surface area (Å²) in [6.45, 7) is 2.96. The molecule has 1 aliphatic rings. The Labute approximate surface area is 123 Å². The number of nitrogens with zero attached hydrogens (tertiary/aromatic N) is 2. The molecule has 0 unspecified atom stereocenters. The van der Waals surface area contributed by atoms with Crippen LogP contribution >= 0.6 is 11.6 Å². The van der Waals surface area contributed by atoms with Gasteiger partial charge in [-0.25, -0.2) is 0 Å². The van der Waals surface area contributed by atoms with Gasteiger partial charge in [0.15, 0.2) is 6.61 Å². The Morgan fingerprint density at radius 2 is 2.05 bits per heavy atom. The van der Waals surface area contributed by atoms with Gasteiger partial charge in [0.1, 0.15) is 5.75 Å². The number of para-hydroxylation sites is 1. The van der Waals surface area contributed by atoms with Gasteiger partial charge in [0.2, 0.25) is 0 Å². The van der Waals surface area contributed by atoms with Crippen molar-refractivity contribution in [2.24, 2.45) is 0 Å². The molecule has 1 fully saturated rings. The molecule has 0 radical (unpaired) electrons. The standard InChI is InChI=1S/C14H19ClN2O3/c1-16-5-7-17(8-6-16)13(19)10-20-14-11(9-18)3-2-4-12(14)15/h2-4,18H,5-10H2,1H3. The Hall–Kier alpha value is -1.30. The number of likely N-dealkylation sites (N-methyl/N-ethyl adjacent to an activating group) is 1. The monoisotopic (exact) mass is 298 g/mol. The molecule has 1 aliphatic heterocycles. The molecule has 1 aromatic rings. The summed E-state index contributed by atoms with van der Waals surface area (Å²) < 4.78 is 5.50. The maximum atomic E-state index is 12.1. The molecule has 20 heavy (non-hydrogen) atoms. The number of aliphatic hydroxyl groups excluding tert-OH is 1. The second-order valence-electron chi connectivity index (χ2n) is 4.86. The Kier molecular flexibility index (Phi) is 5.23. The molecule has 0 saturated carbocycles. The van der Waals surface area contributed by atoms with E-state index in [1.165, 1.54) is 0 Å². The van der Waals surface area contributed by atoms with Gasteiger partial charge in [-0.2, -0.15) is 0 Å². The first kappa shape index (κ1) is 15.1. The van der Waals surface area contributed by atoms with Gasteiger partial charge in [-0.3, -0.25) is 4.79 Å². The fraction of sp³-hybridized carbons (Fsp3) is 0.500. The maximum absolute atomic E-state index is 12.1. The molecular weight excluding hydrogens is 280 g/mol. The van der Waals surface area contributed by atoms with Crippen molar-refractivity contribution in [2.45, 2.75) is 6.61 Å². The van der Waals surface area contributed by atoms with E-state index >= 15 is 0 Å². The quantitative estimate of drug-likeness (QED) is 0.900. The van der Waals surface area contributed by atoms with Crippen molar-refractivity contribution in [3.8, 4) is 5.75 Å². The van der Waals surface area contributed by atoms with E-state index in [0.717, 1.165) is 13.1 Å². The highest BCUT2D eigenvalue weighted by Gasteiger charge is 2.20. The van der Waals surface area contributed by atoms with Crippen LogP contribution in [0.1, 0.15) is 5.56 Å². The number of hydrogen-bond acceptors (Lipinski definition) is 4. The number of amides is 1. The molecule has 1 amide bonds. The Bertz CT molecular complexity index is 473. The zero-order valence-corrected chi connectivity index (χ0v) is 12.3. The summed E-state index contributed by atoms with van der Waals surface area (Å²) in [6.07, 6.45) is 0. The van der Waals surface area contributed by atoms with E-state index in [0.29, 0.717) is 29.4 Å². The van der Waals surface area contributed by atoms with Crippen LogP contribution in [0.3, 0.4) is 0 Å². The van der Waals surface area contributed by atoms with Crippen LogP contribution in [-0.4, -0.2) is 60.6 Å². The van der Waals surface area contributed by atoms with Crippen LogP contribution in [0.2, 0.25) is 5.02 Å². The number of carbonyl (C=O) groups excluding carboxylic acids is 1. The number of ether oxygens (including phenoxy) is 1. The van der Waals surface area contributed by atoms with Gasteiger partial charge in [0.05, 0.1) is 11.6 Å². The lowest BCUT2D eigenvalue weighted by molar-refractivity contribution is -0.134. The number of piperazine rings is 1. The first-order valence-electron chi connectivity index (χ1n) is 6.59. The molecule has 5 nitrogen and oxygen atoms in total. The molecule has 0 aromatic heterocycles. The minimum absolute atomic E-state index is 0.0538. The normalized spacial score (nSPS) is 16.2. The Balaban J connectivity index is 1.93. The van der Waals surface area contributed by atoms with Gasteiger partial charge in [0, 0.05) is 31.7 Å². The van der Waals surface area contributed by atoms with Gasteiger partial charge in [-0.05, 0) is 13.1 Å². The average Bonchev–Trinajstić information content (AvgIpc) is 2.46. The van der Waals surface area contributed by atoms with Gasteiger partial charge in [0.25, 0.3) is 5.91 Å². The van der Waals surface area contributed by atoms with Crippen molar-refractivity contribution in [1.82, 2.24) is 9.80 Å². The molecule has 1 heterocycles. The SMILES string of the molecule is CN1CCN(C(=O)COc2c(Cl)cccc2CO)CC1. The first-order chi connectivity index (χ1) is 9.61. The average molecular weight is 299 g/mol. The third kappa shape index (κ3) is 3.62. The van der Waals surface area contributed by atoms with Crippen LogP contribution in [0.15, 0.2) is 18.2 Å². The molecule has 1 N–H and O–H groups in total. The lowest BCUT2D eigenvalue weighted by atomic mass is 10.2. The van der Waals surface area contributed by atoms with E-state index in [1.807, 2.05) is 7.05 Å². The number of benzene rings is 1. The summed E-state index contributed by atoms with van der Waals surface area (Å²) in [5.74, 6) is 0.334. The van der Waals surface area contributed by atoms with E-state index in [4.69, 9.17) is 16.3 Å². The molecular formula is C14H19ClN2O3. The van der Waals surface area contributed by atoms with Crippen LogP contribution in [0.25, 0.3) is 0 Å². The maximum Gasteiger partial charge on any atom is 0.260 e. The largest absolute Gasteiger partial charge is 0.482 e. The highest BCUT2D eigenvalue weighted by atomic mass is 35.5. The second-order valence-corrected chi connectivity index (χ2v) is 5.27. The number of rotatable bonds is 4. The summed E-state index contributed by atoms with van der Waals surface area (Å²) in [5, 5.41) is 9.65. The van der Waals surface area contributed by atoms with Crippen molar-refractivity contribution >= 4 is 17.5 Å². The Morgan fingerprint density at radius 1 is 1.35 bits per heavy atom. The summed E-state index contributed by atoms with van der Waals surface area (Å²) >= 11 is 6.03. The smallest absolute Gasteiger partial charge is 0.260 e. The molecule has 0 spiro atoms. The summed E-state index contributed by atoms with van der Waals surface area (Å²) in [4.78, 5) is 16.0. The van der Waals surface area contributed by atoms with Crippen molar-refractivity contribution in [3.05, 3.63) is 28.8 Å². The summed E-state index contributed by atoms with van der Waals surface area (Å²) in [7, 11) is 2.04. The zero-order valence-electron chi connectivity index (χ0n) is 11.5. The molecule has 1 saturated heterocycles. The number of hydrogen-bond donors (Lipinski definition) is 1. The van der Waals surface area contributed by atoms with E-state index in [-0.39, 0.29) is 19.1 Å². The lowest BCUT2D eigenvalue weighted by Gasteiger charge is -2.32. The predicted octanol–water partition coefficient (Wildman–Crippen LogP) is 0.985. The second kappa shape index (κ2) is 6.92. The highest BCUT2D eigenvalue weighted by molar-refractivity contribution is 6.32. The third-order valence-corrected chi connectivity index (χ3v) is 3.71. The number of carbonyl (C=O) groups is 1. The fourth-order valence-corrected chi connectivity index (χ4v) is 2.37. The highest BCUT2D eigenvalue weighted by Crippen LogP contribution is 2.28. The van der Waals surface area contributed by atoms with E-state index in [1.54, 1.807) is 23.1 Å². The zero-order chi connectivity index (χ0) is 14.5. The molecule has 0 bridgehead atoms. The minimum atomic E-state index is -0.168. The molecule has 1 aromatic carbocycles.